The van der Waals surface area contributed by atoms with Crippen molar-refractivity contribution in [3.8, 4) is 0 Å². The van der Waals surface area contributed by atoms with E-state index in [1.807, 2.05) is 17.5 Å². The third-order valence-corrected chi connectivity index (χ3v) is 1.88. The van der Waals surface area contributed by atoms with Crippen LogP contribution in [0.1, 0.15) is 11.4 Å². The fourth-order valence-corrected chi connectivity index (χ4v) is 1.33. The molecule has 0 aliphatic rings. The number of aryl methyl sites for hydroxylation is 1. The van der Waals surface area contributed by atoms with Gasteiger partial charge in [0.25, 0.3) is 0 Å². The molecule has 0 aliphatic heterocycles. The number of nitrogens with two attached hydrogens (primary N) is 2. The average molecular weight is 177 g/mol. The lowest BCUT2D eigenvalue weighted by Crippen LogP contribution is -2.03. The van der Waals surface area contributed by atoms with Crippen molar-refractivity contribution in [2.45, 2.75) is 13.5 Å². The lowest BCUT2D eigenvalue weighted by atomic mass is 10.4. The summed E-state index contributed by atoms with van der Waals surface area (Å²) >= 11 is 0. The topological polar surface area (TPSA) is 82.2 Å². The number of anilines is 1. The normalized spacial score (nSPS) is 10.9. The standard InChI is InChI=1S/C8H11N5/c1-5-8-12-7(10)4-13(8)3-6(2-9)11-5/h3-4H,2,9-10H2,1H3. The summed E-state index contributed by atoms with van der Waals surface area (Å²) in [6.45, 7) is 2.32. The summed E-state index contributed by atoms with van der Waals surface area (Å²) < 4.78 is 1.85. The van der Waals surface area contributed by atoms with E-state index >= 15 is 0 Å². The highest BCUT2D eigenvalue weighted by Gasteiger charge is 2.04. The smallest absolute Gasteiger partial charge is 0.160 e. The Labute approximate surface area is 75.4 Å². The number of nitrogens with zero attached hydrogens (tertiary/aromatic N) is 3. The van der Waals surface area contributed by atoms with Crippen LogP contribution in [0.25, 0.3) is 5.65 Å². The molecule has 0 spiro atoms. The zero-order chi connectivity index (χ0) is 9.42. The molecule has 0 bridgehead atoms. The third-order valence-electron chi connectivity index (χ3n) is 1.88. The van der Waals surface area contributed by atoms with Crippen LogP contribution < -0.4 is 11.5 Å². The number of rotatable bonds is 1. The van der Waals surface area contributed by atoms with Gasteiger partial charge in [-0.3, -0.25) is 4.98 Å². The minimum absolute atomic E-state index is 0.425. The molecule has 4 N–H and O–H groups in total. The van der Waals surface area contributed by atoms with Crippen LogP contribution in [-0.2, 0) is 6.54 Å². The molecule has 0 unspecified atom stereocenters. The molecule has 0 atom stereocenters. The minimum Gasteiger partial charge on any atom is -0.382 e. The van der Waals surface area contributed by atoms with Crippen molar-refractivity contribution in [3.05, 3.63) is 23.8 Å². The van der Waals surface area contributed by atoms with Crippen LogP contribution in [0.4, 0.5) is 5.82 Å². The molecular weight excluding hydrogens is 166 g/mol. The molecule has 2 aromatic heterocycles. The van der Waals surface area contributed by atoms with Crippen molar-refractivity contribution in [2.75, 3.05) is 5.73 Å². The van der Waals surface area contributed by atoms with Gasteiger partial charge in [-0.05, 0) is 6.92 Å². The lowest BCUT2D eigenvalue weighted by Gasteiger charge is -2.00. The quantitative estimate of drug-likeness (QED) is 0.646. The Morgan fingerprint density at radius 1 is 1.38 bits per heavy atom. The predicted octanol–water partition coefficient (Wildman–Crippen LogP) is 0.0786. The molecule has 2 heterocycles. The van der Waals surface area contributed by atoms with E-state index in [2.05, 4.69) is 9.97 Å². The van der Waals surface area contributed by atoms with Crippen molar-refractivity contribution in [3.63, 3.8) is 0 Å². The van der Waals surface area contributed by atoms with Gasteiger partial charge in [-0.15, -0.1) is 0 Å². The van der Waals surface area contributed by atoms with Crippen LogP contribution in [0.5, 0.6) is 0 Å². The Balaban J connectivity index is 2.75. The molecule has 0 radical (unpaired) electrons. The van der Waals surface area contributed by atoms with Crippen molar-refractivity contribution >= 4 is 11.5 Å². The van der Waals surface area contributed by atoms with E-state index in [1.165, 1.54) is 0 Å². The van der Waals surface area contributed by atoms with Gasteiger partial charge in [0.1, 0.15) is 5.82 Å². The first-order valence-electron chi connectivity index (χ1n) is 4.01. The second-order valence-corrected chi connectivity index (χ2v) is 2.92. The second-order valence-electron chi connectivity index (χ2n) is 2.92. The van der Waals surface area contributed by atoms with Crippen LogP contribution >= 0.6 is 0 Å². The van der Waals surface area contributed by atoms with Crippen LogP contribution in [0, 0.1) is 6.92 Å². The van der Waals surface area contributed by atoms with Gasteiger partial charge < -0.3 is 15.9 Å². The second kappa shape index (κ2) is 2.70. The molecule has 0 saturated heterocycles. The van der Waals surface area contributed by atoms with Gasteiger partial charge in [-0.2, -0.15) is 0 Å². The van der Waals surface area contributed by atoms with E-state index in [0.29, 0.717) is 12.4 Å². The zero-order valence-electron chi connectivity index (χ0n) is 7.36. The Bertz CT molecular complexity index is 445. The number of hydrogen-bond donors (Lipinski definition) is 2. The molecule has 0 aliphatic carbocycles. The highest BCUT2D eigenvalue weighted by Crippen LogP contribution is 2.10. The first-order chi connectivity index (χ1) is 6.20. The van der Waals surface area contributed by atoms with Gasteiger partial charge in [0, 0.05) is 12.7 Å². The number of fused-ring (bicyclic) bond motifs is 1. The van der Waals surface area contributed by atoms with Gasteiger partial charge in [-0.1, -0.05) is 0 Å². The molecule has 68 valence electrons. The van der Waals surface area contributed by atoms with Crippen molar-refractivity contribution in [1.29, 1.82) is 0 Å². The van der Waals surface area contributed by atoms with E-state index in [1.54, 1.807) is 6.20 Å². The summed E-state index contributed by atoms with van der Waals surface area (Å²) in [4.78, 5) is 8.39. The minimum atomic E-state index is 0.425. The maximum absolute atomic E-state index is 5.56. The average Bonchev–Trinajstić information content (AvgIpc) is 2.46. The maximum Gasteiger partial charge on any atom is 0.160 e. The Morgan fingerprint density at radius 2 is 2.15 bits per heavy atom. The van der Waals surface area contributed by atoms with Gasteiger partial charge in [-0.25, -0.2) is 4.98 Å². The van der Waals surface area contributed by atoms with Crippen LogP contribution in [0.15, 0.2) is 12.4 Å². The summed E-state index contributed by atoms with van der Waals surface area (Å²) in [7, 11) is 0. The number of imidazole rings is 1. The molecule has 2 rings (SSSR count). The monoisotopic (exact) mass is 177 g/mol. The molecule has 0 saturated carbocycles. The van der Waals surface area contributed by atoms with Crippen LogP contribution in [0.3, 0.4) is 0 Å². The van der Waals surface area contributed by atoms with E-state index in [0.717, 1.165) is 17.0 Å². The largest absolute Gasteiger partial charge is 0.382 e. The van der Waals surface area contributed by atoms with E-state index in [4.69, 9.17) is 11.5 Å². The summed E-state index contributed by atoms with van der Waals surface area (Å²) in [5.74, 6) is 0.499. The third kappa shape index (κ3) is 1.23. The summed E-state index contributed by atoms with van der Waals surface area (Å²) in [6, 6.07) is 0. The van der Waals surface area contributed by atoms with Gasteiger partial charge in [0.05, 0.1) is 17.6 Å². The molecule has 13 heavy (non-hydrogen) atoms. The molecule has 2 aromatic rings. The van der Waals surface area contributed by atoms with Crippen LogP contribution in [-0.4, -0.2) is 14.4 Å². The SMILES string of the molecule is Cc1nc(CN)cn2cc(N)nc12. The number of nitrogen functional groups attached to an aromatic ring is 1. The Morgan fingerprint density at radius 3 is 2.85 bits per heavy atom. The van der Waals surface area contributed by atoms with E-state index < -0.39 is 0 Å². The summed E-state index contributed by atoms with van der Waals surface area (Å²) in [5, 5.41) is 0. The Kier molecular flexibility index (Phi) is 1.66. The van der Waals surface area contributed by atoms with Crippen molar-refractivity contribution in [1.82, 2.24) is 14.4 Å². The van der Waals surface area contributed by atoms with Crippen LogP contribution in [0.2, 0.25) is 0 Å². The predicted molar refractivity (Wildman–Crippen MR) is 50.0 cm³/mol. The summed E-state index contributed by atoms with van der Waals surface area (Å²) in [5.41, 5.74) is 13.5. The van der Waals surface area contributed by atoms with Crippen molar-refractivity contribution < 1.29 is 0 Å². The van der Waals surface area contributed by atoms with Gasteiger partial charge in [0.2, 0.25) is 0 Å². The molecular formula is C8H11N5. The highest BCUT2D eigenvalue weighted by atomic mass is 15.1. The molecule has 5 nitrogen and oxygen atoms in total. The van der Waals surface area contributed by atoms with Crippen molar-refractivity contribution in [2.24, 2.45) is 5.73 Å². The number of hydrogen-bond acceptors (Lipinski definition) is 4. The fraction of sp³-hybridized carbons (Fsp3) is 0.250. The van der Waals surface area contributed by atoms with Gasteiger partial charge >= 0.3 is 0 Å². The molecule has 0 amide bonds. The fourth-order valence-electron chi connectivity index (χ4n) is 1.33. The maximum atomic E-state index is 5.56. The number of aromatic nitrogens is 3. The first-order valence-corrected chi connectivity index (χ1v) is 4.01. The van der Waals surface area contributed by atoms with E-state index in [9.17, 15) is 0 Å². The zero-order valence-corrected chi connectivity index (χ0v) is 7.36. The first kappa shape index (κ1) is 8.00. The Hall–Kier alpha value is -1.62. The molecule has 0 fully saturated rings. The lowest BCUT2D eigenvalue weighted by molar-refractivity contribution is 0.929. The summed E-state index contributed by atoms with van der Waals surface area (Å²) in [6.07, 6.45) is 3.59. The molecule has 0 aromatic carbocycles. The highest BCUT2D eigenvalue weighted by molar-refractivity contribution is 5.50. The van der Waals surface area contributed by atoms with E-state index in [-0.39, 0.29) is 0 Å². The van der Waals surface area contributed by atoms with Gasteiger partial charge in [0.15, 0.2) is 5.65 Å². The molecule has 5 heteroatoms.